The Bertz CT molecular complexity index is 117. The zero-order valence-electron chi connectivity index (χ0n) is 3.89. The molecule has 1 N–H and O–H groups in total. The molecular weight excluding hydrogens is 88.1 g/mol. The summed E-state index contributed by atoms with van der Waals surface area (Å²) in [6, 6.07) is 0. The van der Waals surface area contributed by atoms with E-state index in [2.05, 4.69) is 16.0 Å². The highest BCUT2D eigenvalue weighted by molar-refractivity contribution is 5.56. The highest BCUT2D eigenvalue weighted by Crippen LogP contribution is 1.72. The maximum atomic E-state index is 3.89. The molecular formula is C5H6N2. The summed E-state index contributed by atoms with van der Waals surface area (Å²) in [4.78, 5) is 3.89. The minimum absolute atomic E-state index is 0.740. The van der Waals surface area contributed by atoms with Crippen LogP contribution in [0.15, 0.2) is 23.0 Å². The molecule has 0 aromatic rings. The minimum atomic E-state index is 0.740. The van der Waals surface area contributed by atoms with E-state index in [4.69, 9.17) is 0 Å². The molecule has 0 aliphatic carbocycles. The lowest BCUT2D eigenvalue weighted by Gasteiger charge is -1.77. The smallest absolute Gasteiger partial charge is 0.0872 e. The van der Waals surface area contributed by atoms with Crippen molar-refractivity contribution in [3.05, 3.63) is 18.0 Å². The zero-order chi connectivity index (χ0) is 4.95. The standard InChI is InChI=1S/C5H6N2/c1-2-4-7-5-6-3-1/h1,4-5H,3H2,(H,6,7). The van der Waals surface area contributed by atoms with Crippen molar-refractivity contribution >= 4 is 6.34 Å². The van der Waals surface area contributed by atoms with Crippen LogP contribution in [-0.2, 0) is 0 Å². The Morgan fingerprint density at radius 2 is 2.71 bits per heavy atom. The third-order valence-electron chi connectivity index (χ3n) is 0.647. The van der Waals surface area contributed by atoms with E-state index in [9.17, 15) is 0 Å². The summed E-state index contributed by atoms with van der Waals surface area (Å²) < 4.78 is 0. The van der Waals surface area contributed by atoms with Crippen LogP contribution in [0, 0.1) is 0 Å². The van der Waals surface area contributed by atoms with E-state index in [-0.39, 0.29) is 0 Å². The van der Waals surface area contributed by atoms with Gasteiger partial charge in [-0.2, -0.15) is 0 Å². The van der Waals surface area contributed by atoms with Gasteiger partial charge in [0, 0.05) is 6.20 Å². The van der Waals surface area contributed by atoms with Gasteiger partial charge < -0.3 is 5.32 Å². The van der Waals surface area contributed by atoms with Gasteiger partial charge in [-0.3, -0.25) is 4.99 Å². The largest absolute Gasteiger partial charge is 0.346 e. The second kappa shape index (κ2) is 2.21. The first-order chi connectivity index (χ1) is 3.50. The van der Waals surface area contributed by atoms with Crippen molar-refractivity contribution in [3.63, 3.8) is 0 Å². The van der Waals surface area contributed by atoms with Gasteiger partial charge >= 0.3 is 0 Å². The summed E-state index contributed by atoms with van der Waals surface area (Å²) in [5, 5.41) is 2.79. The summed E-state index contributed by atoms with van der Waals surface area (Å²) in [6.07, 6.45) is 5.23. The molecule has 1 aliphatic rings. The minimum Gasteiger partial charge on any atom is -0.346 e. The van der Waals surface area contributed by atoms with Crippen LogP contribution in [0.5, 0.6) is 0 Å². The summed E-state index contributed by atoms with van der Waals surface area (Å²) in [7, 11) is 0. The molecule has 2 heteroatoms. The molecule has 0 aromatic carbocycles. The van der Waals surface area contributed by atoms with Crippen molar-refractivity contribution in [2.75, 3.05) is 6.54 Å². The van der Waals surface area contributed by atoms with Crippen LogP contribution in [-0.4, -0.2) is 12.9 Å². The molecule has 0 spiro atoms. The predicted molar refractivity (Wildman–Crippen MR) is 29.1 cm³/mol. The van der Waals surface area contributed by atoms with Crippen molar-refractivity contribution in [1.82, 2.24) is 5.32 Å². The van der Waals surface area contributed by atoms with E-state index in [1.807, 2.05) is 6.08 Å². The maximum Gasteiger partial charge on any atom is 0.0872 e. The molecule has 0 saturated carbocycles. The van der Waals surface area contributed by atoms with Gasteiger partial charge in [-0.15, -0.1) is 5.73 Å². The van der Waals surface area contributed by atoms with E-state index in [0.717, 1.165) is 6.54 Å². The van der Waals surface area contributed by atoms with Crippen molar-refractivity contribution in [3.8, 4) is 0 Å². The molecule has 1 aliphatic heterocycles. The highest BCUT2D eigenvalue weighted by Gasteiger charge is 1.70. The SMILES string of the molecule is C1=CCN=CNC=1. The molecule has 1 rings (SSSR count). The average Bonchev–Trinajstić information content (AvgIpc) is 1.90. The summed E-state index contributed by atoms with van der Waals surface area (Å²) >= 11 is 0. The van der Waals surface area contributed by atoms with E-state index < -0.39 is 0 Å². The zero-order valence-corrected chi connectivity index (χ0v) is 3.89. The molecule has 1 heterocycles. The fraction of sp³-hybridized carbons (Fsp3) is 0.200. The quantitative estimate of drug-likeness (QED) is 0.428. The van der Waals surface area contributed by atoms with Crippen LogP contribution < -0.4 is 5.32 Å². The second-order valence-corrected chi connectivity index (χ2v) is 1.18. The van der Waals surface area contributed by atoms with E-state index >= 15 is 0 Å². The Hall–Kier alpha value is -1.01. The van der Waals surface area contributed by atoms with Gasteiger partial charge in [-0.05, 0) is 6.08 Å². The lowest BCUT2D eigenvalue weighted by atomic mass is 10.6. The first kappa shape index (κ1) is 4.16. The van der Waals surface area contributed by atoms with E-state index in [1.165, 1.54) is 0 Å². The fourth-order valence-electron chi connectivity index (χ4n) is 0.355. The van der Waals surface area contributed by atoms with Crippen LogP contribution in [0.2, 0.25) is 0 Å². The van der Waals surface area contributed by atoms with E-state index in [0.29, 0.717) is 0 Å². The molecule has 0 amide bonds. The Labute approximate surface area is 42.3 Å². The number of hydrogen-bond donors (Lipinski definition) is 1. The fourth-order valence-corrected chi connectivity index (χ4v) is 0.355. The number of rotatable bonds is 0. The van der Waals surface area contributed by atoms with Crippen molar-refractivity contribution in [2.24, 2.45) is 4.99 Å². The summed E-state index contributed by atoms with van der Waals surface area (Å²) in [5.74, 6) is 0. The molecule has 0 fully saturated rings. The van der Waals surface area contributed by atoms with Gasteiger partial charge in [-0.1, -0.05) is 0 Å². The van der Waals surface area contributed by atoms with Crippen LogP contribution >= 0.6 is 0 Å². The Balaban J connectivity index is 2.60. The molecule has 0 bridgehead atoms. The van der Waals surface area contributed by atoms with Crippen LogP contribution in [0.1, 0.15) is 0 Å². The third-order valence-corrected chi connectivity index (χ3v) is 0.647. The molecule has 7 heavy (non-hydrogen) atoms. The first-order valence-corrected chi connectivity index (χ1v) is 2.14. The maximum absolute atomic E-state index is 3.89. The Morgan fingerprint density at radius 1 is 1.71 bits per heavy atom. The second-order valence-electron chi connectivity index (χ2n) is 1.18. The molecule has 2 nitrogen and oxygen atoms in total. The number of nitrogens with zero attached hydrogens (tertiary/aromatic N) is 1. The van der Waals surface area contributed by atoms with Crippen LogP contribution in [0.4, 0.5) is 0 Å². The summed E-state index contributed by atoms with van der Waals surface area (Å²) in [6.45, 7) is 0.740. The normalized spacial score (nSPS) is 16.0. The lowest BCUT2D eigenvalue weighted by molar-refractivity contribution is 1.23. The molecule has 0 atom stereocenters. The first-order valence-electron chi connectivity index (χ1n) is 2.14. The summed E-state index contributed by atoms with van der Waals surface area (Å²) in [5.41, 5.74) is 2.86. The van der Waals surface area contributed by atoms with E-state index in [1.54, 1.807) is 12.5 Å². The lowest BCUT2D eigenvalue weighted by Crippen LogP contribution is -1.97. The van der Waals surface area contributed by atoms with Gasteiger partial charge in [0.1, 0.15) is 0 Å². The highest BCUT2D eigenvalue weighted by atomic mass is 14.9. The van der Waals surface area contributed by atoms with Crippen LogP contribution in [0.3, 0.4) is 0 Å². The molecule has 0 unspecified atom stereocenters. The van der Waals surface area contributed by atoms with Gasteiger partial charge in [0.2, 0.25) is 0 Å². The van der Waals surface area contributed by atoms with Crippen molar-refractivity contribution < 1.29 is 0 Å². The van der Waals surface area contributed by atoms with Crippen molar-refractivity contribution in [2.45, 2.75) is 0 Å². The number of nitrogens with one attached hydrogen (secondary N) is 1. The Kier molecular flexibility index (Phi) is 1.31. The van der Waals surface area contributed by atoms with Gasteiger partial charge in [0.25, 0.3) is 0 Å². The van der Waals surface area contributed by atoms with Gasteiger partial charge in [0.05, 0.1) is 12.9 Å². The van der Waals surface area contributed by atoms with Gasteiger partial charge in [0.15, 0.2) is 0 Å². The molecule has 36 valence electrons. The average molecular weight is 94.1 g/mol. The molecule has 0 aromatic heterocycles. The molecule has 0 radical (unpaired) electrons. The van der Waals surface area contributed by atoms with Crippen molar-refractivity contribution in [1.29, 1.82) is 0 Å². The topological polar surface area (TPSA) is 24.4 Å². The monoisotopic (exact) mass is 94.1 g/mol. The number of hydrogen-bond acceptors (Lipinski definition) is 2. The number of aliphatic imine (C=N–C) groups is 1. The van der Waals surface area contributed by atoms with Crippen LogP contribution in [0.25, 0.3) is 0 Å². The third kappa shape index (κ3) is 1.24. The molecule has 0 saturated heterocycles. The van der Waals surface area contributed by atoms with Gasteiger partial charge in [-0.25, -0.2) is 0 Å². The Morgan fingerprint density at radius 3 is 3.71 bits per heavy atom. The predicted octanol–water partition coefficient (Wildman–Crippen LogP) is 0.287.